The third-order valence-electron chi connectivity index (χ3n) is 5.58. The zero-order chi connectivity index (χ0) is 19.3. The number of benzene rings is 2. The van der Waals surface area contributed by atoms with Gasteiger partial charge in [0.25, 0.3) is 0 Å². The SMILES string of the molecule is O=C(CSCc1ccccc1)Nc1ccc2c(c1)N(C(=O)C1CCCC1)CC2. The first-order valence-electron chi connectivity index (χ1n) is 10.1. The normalized spacial score (nSPS) is 16.2. The maximum atomic E-state index is 12.9. The van der Waals surface area contributed by atoms with Crippen LogP contribution in [0.5, 0.6) is 0 Å². The number of nitrogens with one attached hydrogen (secondary N) is 1. The number of fused-ring (bicyclic) bond motifs is 1. The van der Waals surface area contributed by atoms with Crippen LogP contribution in [0.2, 0.25) is 0 Å². The van der Waals surface area contributed by atoms with E-state index in [0.717, 1.165) is 55.8 Å². The van der Waals surface area contributed by atoms with Crippen molar-refractivity contribution in [1.82, 2.24) is 0 Å². The maximum Gasteiger partial charge on any atom is 0.234 e. The Bertz CT molecular complexity index is 847. The number of thioether (sulfide) groups is 1. The molecule has 1 N–H and O–H groups in total. The number of amides is 2. The second-order valence-electron chi connectivity index (χ2n) is 7.59. The van der Waals surface area contributed by atoms with Crippen LogP contribution >= 0.6 is 11.8 Å². The van der Waals surface area contributed by atoms with Crippen molar-refractivity contribution in [3.63, 3.8) is 0 Å². The number of hydrogen-bond acceptors (Lipinski definition) is 3. The van der Waals surface area contributed by atoms with Gasteiger partial charge < -0.3 is 10.2 Å². The zero-order valence-corrected chi connectivity index (χ0v) is 16.8. The predicted octanol–water partition coefficient (Wildman–Crippen LogP) is 4.64. The molecule has 2 amide bonds. The summed E-state index contributed by atoms with van der Waals surface area (Å²) in [5.74, 6) is 1.67. The Balaban J connectivity index is 1.35. The smallest absolute Gasteiger partial charge is 0.234 e. The Kier molecular flexibility index (Phi) is 6.01. The molecule has 5 heteroatoms. The lowest BCUT2D eigenvalue weighted by atomic mass is 10.1. The average molecular weight is 395 g/mol. The first-order valence-corrected chi connectivity index (χ1v) is 11.2. The van der Waals surface area contributed by atoms with Gasteiger partial charge in [0.15, 0.2) is 0 Å². The van der Waals surface area contributed by atoms with Crippen LogP contribution in [0.3, 0.4) is 0 Å². The fourth-order valence-corrected chi connectivity index (χ4v) is 4.90. The average Bonchev–Trinajstić information content (AvgIpc) is 3.38. The minimum Gasteiger partial charge on any atom is -0.325 e. The maximum absolute atomic E-state index is 12.9. The van der Waals surface area contributed by atoms with Crippen molar-refractivity contribution in [3.8, 4) is 0 Å². The Morgan fingerprint density at radius 3 is 2.64 bits per heavy atom. The minimum absolute atomic E-state index is 0.00690. The zero-order valence-electron chi connectivity index (χ0n) is 16.0. The van der Waals surface area contributed by atoms with Crippen LogP contribution < -0.4 is 10.2 Å². The minimum atomic E-state index is -0.00690. The third kappa shape index (κ3) is 4.41. The summed E-state index contributed by atoms with van der Waals surface area (Å²) in [6, 6.07) is 16.1. The molecule has 0 saturated heterocycles. The molecule has 0 radical (unpaired) electrons. The molecular weight excluding hydrogens is 368 g/mol. The molecule has 4 nitrogen and oxygen atoms in total. The fraction of sp³-hybridized carbons (Fsp3) is 0.391. The molecule has 1 heterocycles. The molecule has 0 atom stereocenters. The molecule has 1 saturated carbocycles. The van der Waals surface area contributed by atoms with Gasteiger partial charge in [-0.25, -0.2) is 0 Å². The molecule has 2 aromatic carbocycles. The van der Waals surface area contributed by atoms with Crippen LogP contribution in [0, 0.1) is 5.92 Å². The van der Waals surface area contributed by atoms with Crippen molar-refractivity contribution in [3.05, 3.63) is 59.7 Å². The number of anilines is 2. The van der Waals surface area contributed by atoms with E-state index >= 15 is 0 Å². The Hall–Kier alpha value is -2.27. The lowest BCUT2D eigenvalue weighted by molar-refractivity contribution is -0.122. The fourth-order valence-electron chi connectivity index (χ4n) is 4.11. The topological polar surface area (TPSA) is 49.4 Å². The molecule has 2 aliphatic rings. The Labute approximate surface area is 170 Å². The van der Waals surface area contributed by atoms with Gasteiger partial charge in [-0.1, -0.05) is 49.2 Å². The number of nitrogens with zero attached hydrogens (tertiary/aromatic N) is 1. The number of rotatable bonds is 6. The van der Waals surface area contributed by atoms with E-state index in [1.165, 1.54) is 11.1 Å². The van der Waals surface area contributed by atoms with Crippen molar-refractivity contribution >= 4 is 35.0 Å². The molecule has 28 heavy (non-hydrogen) atoms. The molecule has 0 unspecified atom stereocenters. The Morgan fingerprint density at radius 1 is 1.07 bits per heavy atom. The highest BCUT2D eigenvalue weighted by atomic mass is 32.2. The van der Waals surface area contributed by atoms with Gasteiger partial charge in [-0.3, -0.25) is 9.59 Å². The quantitative estimate of drug-likeness (QED) is 0.777. The molecule has 1 fully saturated rings. The van der Waals surface area contributed by atoms with Crippen LogP contribution in [0.25, 0.3) is 0 Å². The molecule has 146 valence electrons. The van der Waals surface area contributed by atoms with Crippen LogP contribution in [0.1, 0.15) is 36.8 Å². The summed E-state index contributed by atoms with van der Waals surface area (Å²) in [6.07, 6.45) is 5.25. The lowest BCUT2D eigenvalue weighted by Crippen LogP contribution is -2.33. The first-order chi connectivity index (χ1) is 13.7. The second-order valence-corrected chi connectivity index (χ2v) is 8.58. The van der Waals surface area contributed by atoms with Gasteiger partial charge in [0, 0.05) is 29.6 Å². The first kappa shape index (κ1) is 19.1. The van der Waals surface area contributed by atoms with Crippen LogP contribution in [-0.2, 0) is 21.8 Å². The van der Waals surface area contributed by atoms with Gasteiger partial charge >= 0.3 is 0 Å². The van der Waals surface area contributed by atoms with Crippen LogP contribution in [0.15, 0.2) is 48.5 Å². The number of hydrogen-bond donors (Lipinski definition) is 1. The molecule has 0 bridgehead atoms. The number of carbonyl (C=O) groups excluding carboxylic acids is 2. The summed E-state index contributed by atoms with van der Waals surface area (Å²) in [6.45, 7) is 0.759. The van der Waals surface area contributed by atoms with Crippen LogP contribution in [0.4, 0.5) is 11.4 Å². The summed E-state index contributed by atoms with van der Waals surface area (Å²) in [5, 5.41) is 2.99. The van der Waals surface area contributed by atoms with E-state index in [2.05, 4.69) is 17.4 Å². The standard InChI is InChI=1S/C23H26N2O2S/c26-22(16-28-15-17-6-2-1-3-7-17)24-20-11-10-18-12-13-25(21(18)14-20)23(27)19-8-4-5-9-19/h1-3,6-7,10-11,14,19H,4-5,8-9,12-13,15-16H2,(H,24,26). The van der Waals surface area contributed by atoms with Gasteiger partial charge in [-0.05, 0) is 42.5 Å². The van der Waals surface area contributed by atoms with Gasteiger partial charge in [-0.2, -0.15) is 0 Å². The van der Waals surface area contributed by atoms with Crippen molar-refractivity contribution in [2.75, 3.05) is 22.5 Å². The van der Waals surface area contributed by atoms with E-state index in [1.54, 1.807) is 11.8 Å². The molecule has 1 aliphatic carbocycles. The molecule has 4 rings (SSSR count). The molecular formula is C23H26N2O2S. The van der Waals surface area contributed by atoms with Gasteiger partial charge in [0.1, 0.15) is 0 Å². The third-order valence-corrected chi connectivity index (χ3v) is 6.58. The summed E-state index contributed by atoms with van der Waals surface area (Å²) < 4.78 is 0. The van der Waals surface area contributed by atoms with E-state index in [1.807, 2.05) is 41.3 Å². The van der Waals surface area contributed by atoms with E-state index < -0.39 is 0 Å². The summed E-state index contributed by atoms with van der Waals surface area (Å²) in [4.78, 5) is 27.1. The molecule has 0 aromatic heterocycles. The van der Waals surface area contributed by atoms with Crippen molar-refractivity contribution in [1.29, 1.82) is 0 Å². The molecule has 0 spiro atoms. The second kappa shape index (κ2) is 8.82. The highest BCUT2D eigenvalue weighted by Crippen LogP contribution is 2.35. The molecule has 1 aliphatic heterocycles. The van der Waals surface area contributed by atoms with Gasteiger partial charge in [0.05, 0.1) is 5.75 Å². The Morgan fingerprint density at radius 2 is 1.86 bits per heavy atom. The van der Waals surface area contributed by atoms with Crippen LogP contribution in [-0.4, -0.2) is 24.1 Å². The summed E-state index contributed by atoms with van der Waals surface area (Å²) in [7, 11) is 0. The monoisotopic (exact) mass is 394 g/mol. The highest BCUT2D eigenvalue weighted by molar-refractivity contribution is 7.99. The summed E-state index contributed by atoms with van der Waals surface area (Å²) >= 11 is 1.60. The van der Waals surface area contributed by atoms with Gasteiger partial charge in [0.2, 0.25) is 11.8 Å². The highest BCUT2D eigenvalue weighted by Gasteiger charge is 2.31. The van der Waals surface area contributed by atoms with E-state index in [9.17, 15) is 9.59 Å². The van der Waals surface area contributed by atoms with Crippen molar-refractivity contribution < 1.29 is 9.59 Å². The largest absolute Gasteiger partial charge is 0.325 e. The molecule has 2 aromatic rings. The summed E-state index contributed by atoms with van der Waals surface area (Å²) in [5.41, 5.74) is 4.17. The lowest BCUT2D eigenvalue weighted by Gasteiger charge is -2.21. The van der Waals surface area contributed by atoms with Gasteiger partial charge in [-0.15, -0.1) is 11.8 Å². The van der Waals surface area contributed by atoms with E-state index in [-0.39, 0.29) is 17.7 Å². The van der Waals surface area contributed by atoms with Crippen molar-refractivity contribution in [2.24, 2.45) is 5.92 Å². The van der Waals surface area contributed by atoms with E-state index in [0.29, 0.717) is 5.75 Å². The predicted molar refractivity (Wildman–Crippen MR) is 116 cm³/mol. The number of carbonyl (C=O) groups is 2. The van der Waals surface area contributed by atoms with E-state index in [4.69, 9.17) is 0 Å². The van der Waals surface area contributed by atoms with Crippen molar-refractivity contribution in [2.45, 2.75) is 37.9 Å².